The van der Waals surface area contributed by atoms with Gasteiger partial charge in [-0.3, -0.25) is 0 Å². The molecule has 0 fully saturated rings. The van der Waals surface area contributed by atoms with Gasteiger partial charge in [0.2, 0.25) is 9.04 Å². The summed E-state index contributed by atoms with van der Waals surface area (Å²) in [6, 6.07) is 0. The molecule has 0 radical (unpaired) electrons. The summed E-state index contributed by atoms with van der Waals surface area (Å²) in [7, 11) is -0.260. The number of hydrogen-bond donors (Lipinski definition) is 0. The van der Waals surface area contributed by atoms with Crippen LogP contribution in [0.25, 0.3) is 0 Å². The van der Waals surface area contributed by atoms with E-state index in [2.05, 4.69) is 39.8 Å². The molecule has 0 aromatic heterocycles. The molecule has 0 aromatic carbocycles. The third-order valence-corrected chi connectivity index (χ3v) is 6.18. The fourth-order valence-corrected chi connectivity index (χ4v) is 5.33. The summed E-state index contributed by atoms with van der Waals surface area (Å²) in [5, 5.41) is 2.88. The van der Waals surface area contributed by atoms with Gasteiger partial charge in [-0.05, 0) is 27.7 Å². The average Bonchev–Trinajstić information content (AvgIpc) is 2.05. The molecule has 0 unspecified atom stereocenters. The van der Waals surface area contributed by atoms with Gasteiger partial charge in [-0.15, -0.1) is 0 Å². The Labute approximate surface area is 74.4 Å². The van der Waals surface area contributed by atoms with E-state index in [-0.39, 0.29) is 0 Å². The summed E-state index contributed by atoms with van der Waals surface area (Å²) in [5.74, 6) is 0. The van der Waals surface area contributed by atoms with Crippen molar-refractivity contribution in [2.24, 2.45) is 0 Å². The van der Waals surface area contributed by atoms with Crippen LogP contribution in [0.5, 0.6) is 0 Å². The van der Waals surface area contributed by atoms with E-state index in [0.29, 0.717) is 0 Å². The van der Waals surface area contributed by atoms with Crippen LogP contribution < -0.4 is 0 Å². The minimum atomic E-state index is -1.12. The van der Waals surface area contributed by atoms with E-state index in [4.69, 9.17) is 4.12 Å². The smallest absolute Gasteiger partial charge is 0.218 e. The van der Waals surface area contributed by atoms with Gasteiger partial charge in [0.15, 0.2) is 0 Å². The second-order valence-corrected chi connectivity index (χ2v) is 7.15. The van der Waals surface area contributed by atoms with Crippen LogP contribution in [0.3, 0.4) is 0 Å². The molecule has 0 aliphatic carbocycles. The first kappa shape index (κ1) is 10.9. The summed E-state index contributed by atoms with van der Waals surface area (Å²) >= 11 is 0. The molecular weight excluding hydrogens is 168 g/mol. The van der Waals surface area contributed by atoms with E-state index < -0.39 is 9.04 Å². The number of allylic oxidation sites excluding steroid dienone is 4. The highest BCUT2D eigenvalue weighted by atomic mass is 28.3. The van der Waals surface area contributed by atoms with Crippen molar-refractivity contribution in [2.75, 3.05) is 0 Å². The predicted octanol–water partition coefficient (Wildman–Crippen LogP) is 1.02. The van der Waals surface area contributed by atoms with E-state index in [1.54, 1.807) is 0 Å². The largest absolute Gasteiger partial charge is 0.460 e. The van der Waals surface area contributed by atoms with Crippen molar-refractivity contribution >= 4 is 19.5 Å². The highest BCUT2D eigenvalue weighted by molar-refractivity contribution is 6.70. The van der Waals surface area contributed by atoms with E-state index in [0.717, 1.165) is 10.5 Å². The minimum absolute atomic E-state index is 0.857. The van der Waals surface area contributed by atoms with Gasteiger partial charge in [0.25, 0.3) is 0 Å². The van der Waals surface area contributed by atoms with Crippen molar-refractivity contribution in [1.82, 2.24) is 0 Å². The lowest BCUT2D eigenvalue weighted by molar-refractivity contribution is 0.649. The maximum Gasteiger partial charge on any atom is 0.218 e. The SMILES string of the molecule is C/C=C(\C)[SiH](O[SiH3])/C(C)=C/C. The maximum atomic E-state index is 5.60. The summed E-state index contributed by atoms with van der Waals surface area (Å²) in [4.78, 5) is 0. The van der Waals surface area contributed by atoms with E-state index >= 15 is 0 Å². The van der Waals surface area contributed by atoms with Gasteiger partial charge in [0, 0.05) is 0 Å². The summed E-state index contributed by atoms with van der Waals surface area (Å²) < 4.78 is 5.60. The van der Waals surface area contributed by atoms with Gasteiger partial charge in [0.1, 0.15) is 10.5 Å². The fraction of sp³-hybridized carbons (Fsp3) is 0.500. The Kier molecular flexibility index (Phi) is 5.45. The average molecular weight is 186 g/mol. The Bertz CT molecular complexity index is 155. The second-order valence-electron chi connectivity index (χ2n) is 2.68. The molecule has 0 saturated heterocycles. The van der Waals surface area contributed by atoms with Gasteiger partial charge >= 0.3 is 0 Å². The Balaban J connectivity index is 4.41. The zero-order valence-corrected chi connectivity index (χ0v) is 11.3. The first-order valence-corrected chi connectivity index (χ1v) is 6.40. The minimum Gasteiger partial charge on any atom is -0.460 e. The monoisotopic (exact) mass is 186 g/mol. The highest BCUT2D eigenvalue weighted by Gasteiger charge is 2.12. The zero-order chi connectivity index (χ0) is 8.85. The van der Waals surface area contributed by atoms with E-state index in [9.17, 15) is 0 Å². The molecule has 11 heavy (non-hydrogen) atoms. The standard InChI is InChI=1S/C8H18OSi2/c1-5-7(3)11(9-10)8(4)6-2/h5-6,11H,1-4,10H3/b7-5+,8-6+. The van der Waals surface area contributed by atoms with Gasteiger partial charge in [-0.25, -0.2) is 0 Å². The van der Waals surface area contributed by atoms with Crippen LogP contribution >= 0.6 is 0 Å². The third kappa shape index (κ3) is 3.18. The van der Waals surface area contributed by atoms with Crippen molar-refractivity contribution < 1.29 is 4.12 Å². The molecule has 0 aromatic rings. The molecule has 0 bridgehead atoms. The Morgan fingerprint density at radius 2 is 1.55 bits per heavy atom. The van der Waals surface area contributed by atoms with Crippen LogP contribution in [0.15, 0.2) is 22.5 Å². The highest BCUT2D eigenvalue weighted by Crippen LogP contribution is 2.09. The summed E-state index contributed by atoms with van der Waals surface area (Å²) in [5.41, 5.74) is 0. The lowest BCUT2D eigenvalue weighted by Gasteiger charge is -2.14. The van der Waals surface area contributed by atoms with Gasteiger partial charge in [-0.2, -0.15) is 0 Å². The van der Waals surface area contributed by atoms with Gasteiger partial charge in [-0.1, -0.05) is 22.5 Å². The van der Waals surface area contributed by atoms with Crippen LogP contribution in [0.4, 0.5) is 0 Å². The Morgan fingerprint density at radius 1 is 1.18 bits per heavy atom. The van der Waals surface area contributed by atoms with Crippen molar-refractivity contribution in [1.29, 1.82) is 0 Å². The molecule has 0 atom stereocenters. The van der Waals surface area contributed by atoms with Crippen LogP contribution in [-0.4, -0.2) is 19.5 Å². The van der Waals surface area contributed by atoms with Crippen molar-refractivity contribution in [3.63, 3.8) is 0 Å². The van der Waals surface area contributed by atoms with Crippen molar-refractivity contribution in [3.05, 3.63) is 22.5 Å². The van der Waals surface area contributed by atoms with Crippen LogP contribution in [0.1, 0.15) is 27.7 Å². The first-order chi connectivity index (χ1) is 5.17. The lowest BCUT2D eigenvalue weighted by atomic mass is 10.6. The number of rotatable bonds is 3. The van der Waals surface area contributed by atoms with Gasteiger partial charge < -0.3 is 4.12 Å². The fourth-order valence-electron chi connectivity index (χ4n) is 1.03. The lowest BCUT2D eigenvalue weighted by Crippen LogP contribution is -2.20. The molecule has 0 aliphatic rings. The topological polar surface area (TPSA) is 9.23 Å². The molecule has 0 aliphatic heterocycles. The predicted molar refractivity (Wildman–Crippen MR) is 57.0 cm³/mol. The molecule has 0 heterocycles. The van der Waals surface area contributed by atoms with Crippen LogP contribution in [-0.2, 0) is 4.12 Å². The molecule has 3 heteroatoms. The second kappa shape index (κ2) is 5.51. The van der Waals surface area contributed by atoms with Crippen molar-refractivity contribution in [3.8, 4) is 0 Å². The van der Waals surface area contributed by atoms with Crippen molar-refractivity contribution in [2.45, 2.75) is 27.7 Å². The Hall–Kier alpha value is -0.126. The number of hydrogen-bond acceptors (Lipinski definition) is 1. The molecule has 0 rings (SSSR count). The molecular formula is C8H18OSi2. The van der Waals surface area contributed by atoms with E-state index in [1.165, 1.54) is 10.4 Å². The normalized spacial score (nSPS) is 17.1. The third-order valence-electron chi connectivity index (χ3n) is 1.97. The van der Waals surface area contributed by atoms with E-state index in [1.807, 2.05) is 0 Å². The molecule has 64 valence electrons. The quantitative estimate of drug-likeness (QED) is 0.598. The van der Waals surface area contributed by atoms with Crippen LogP contribution in [0.2, 0.25) is 0 Å². The molecule has 1 nitrogen and oxygen atoms in total. The maximum absolute atomic E-state index is 5.60. The molecule has 0 N–H and O–H groups in total. The summed E-state index contributed by atoms with van der Waals surface area (Å²) in [6.07, 6.45) is 4.34. The Morgan fingerprint density at radius 3 is 1.73 bits per heavy atom. The van der Waals surface area contributed by atoms with Gasteiger partial charge in [0.05, 0.1) is 0 Å². The first-order valence-electron chi connectivity index (χ1n) is 3.95. The van der Waals surface area contributed by atoms with Crippen LogP contribution in [0, 0.1) is 0 Å². The zero-order valence-electron chi connectivity index (χ0n) is 8.14. The molecule has 0 amide bonds. The molecule has 0 saturated carbocycles. The summed E-state index contributed by atoms with van der Waals surface area (Å²) in [6.45, 7) is 8.50. The molecule has 0 spiro atoms.